The maximum atomic E-state index is 12.6. The van der Waals surface area contributed by atoms with Gasteiger partial charge in [-0.1, -0.05) is 46.4 Å². The van der Waals surface area contributed by atoms with E-state index in [1.165, 1.54) is 4.68 Å². The minimum absolute atomic E-state index is 0.227. The number of aromatic nitrogens is 3. The molecular weight excluding hydrogens is 508 g/mol. The first-order chi connectivity index (χ1) is 15.8. The Kier molecular flexibility index (Phi) is 7.00. The van der Waals surface area contributed by atoms with Crippen molar-refractivity contribution in [2.45, 2.75) is 0 Å². The molecule has 3 aromatic carbocycles. The number of carbonyl (C=O) groups is 2. The minimum atomic E-state index is -0.855. The molecule has 0 atom stereocenters. The van der Waals surface area contributed by atoms with Crippen molar-refractivity contribution in [3.63, 3.8) is 0 Å². The van der Waals surface area contributed by atoms with Gasteiger partial charge in [-0.25, -0.2) is 14.5 Å². The van der Waals surface area contributed by atoms with Crippen LogP contribution < -0.4 is 0 Å². The van der Waals surface area contributed by atoms with Crippen LogP contribution in [0.2, 0.25) is 20.1 Å². The molecule has 0 N–H and O–H groups in total. The molecule has 1 heterocycles. The molecule has 10 heteroatoms. The van der Waals surface area contributed by atoms with Gasteiger partial charge in [-0.05, 0) is 66.7 Å². The van der Waals surface area contributed by atoms with Crippen molar-refractivity contribution in [2.24, 2.45) is 0 Å². The lowest BCUT2D eigenvalue weighted by atomic mass is 10.1. The molecule has 0 saturated heterocycles. The van der Waals surface area contributed by atoms with Crippen molar-refractivity contribution in [3.05, 3.63) is 98.2 Å². The van der Waals surface area contributed by atoms with Gasteiger partial charge in [0.1, 0.15) is 0 Å². The molecule has 33 heavy (non-hydrogen) atoms. The number of rotatable bonds is 6. The van der Waals surface area contributed by atoms with E-state index in [1.807, 2.05) is 0 Å². The van der Waals surface area contributed by atoms with Gasteiger partial charge in [-0.2, -0.15) is 0 Å². The highest BCUT2D eigenvalue weighted by Gasteiger charge is 2.21. The van der Waals surface area contributed by atoms with E-state index in [-0.39, 0.29) is 11.6 Å². The molecule has 0 amide bonds. The SMILES string of the molecule is O=C(COC(=O)c1nc(-c2ccc(Cl)cc2)n(-c2ccc(Cl)c(Cl)c2)n1)c1ccc(Cl)cc1. The van der Waals surface area contributed by atoms with E-state index < -0.39 is 12.6 Å². The molecule has 4 rings (SSSR count). The van der Waals surface area contributed by atoms with Crippen LogP contribution in [0, 0.1) is 0 Å². The number of hydrogen-bond donors (Lipinski definition) is 0. The fraction of sp³-hybridized carbons (Fsp3) is 0.0435. The zero-order valence-corrected chi connectivity index (χ0v) is 19.7. The first-order valence-corrected chi connectivity index (χ1v) is 11.0. The number of esters is 1. The first-order valence-electron chi connectivity index (χ1n) is 9.46. The van der Waals surface area contributed by atoms with Gasteiger partial charge >= 0.3 is 5.97 Å². The van der Waals surface area contributed by atoms with Crippen LogP contribution in [0.4, 0.5) is 0 Å². The number of ether oxygens (including phenoxy) is 1. The molecular formula is C23H13Cl4N3O3. The lowest BCUT2D eigenvalue weighted by molar-refractivity contribution is 0.0462. The Hall–Kier alpha value is -2.90. The molecule has 0 aliphatic heterocycles. The Balaban J connectivity index is 1.63. The third kappa shape index (κ3) is 5.37. The summed E-state index contributed by atoms with van der Waals surface area (Å²) in [5.74, 6) is -1.12. The number of nitrogens with zero attached hydrogens (tertiary/aromatic N) is 3. The quantitative estimate of drug-likeness (QED) is 0.212. The van der Waals surface area contributed by atoms with Crippen molar-refractivity contribution in [3.8, 4) is 17.1 Å². The summed E-state index contributed by atoms with van der Waals surface area (Å²) in [5.41, 5.74) is 1.54. The molecule has 0 bridgehead atoms. The number of carbonyl (C=O) groups excluding carboxylic acids is 2. The summed E-state index contributed by atoms with van der Waals surface area (Å²) >= 11 is 24.0. The van der Waals surface area contributed by atoms with Crippen LogP contribution in [0.25, 0.3) is 17.1 Å². The Labute approximate surface area is 208 Å². The van der Waals surface area contributed by atoms with E-state index in [0.717, 1.165) is 0 Å². The van der Waals surface area contributed by atoms with E-state index in [1.54, 1.807) is 66.7 Å². The van der Waals surface area contributed by atoms with Crippen LogP contribution in [0.5, 0.6) is 0 Å². The normalized spacial score (nSPS) is 10.8. The van der Waals surface area contributed by atoms with E-state index in [2.05, 4.69) is 10.1 Å². The van der Waals surface area contributed by atoms with Gasteiger partial charge in [0.15, 0.2) is 18.2 Å². The summed E-state index contributed by atoms with van der Waals surface area (Å²) < 4.78 is 6.58. The van der Waals surface area contributed by atoms with Crippen molar-refractivity contribution in [1.82, 2.24) is 14.8 Å². The Bertz CT molecular complexity index is 1340. The molecule has 6 nitrogen and oxygen atoms in total. The molecule has 0 fully saturated rings. The topological polar surface area (TPSA) is 74.1 Å². The van der Waals surface area contributed by atoms with Crippen LogP contribution in [0.15, 0.2) is 66.7 Å². The predicted molar refractivity (Wildman–Crippen MR) is 128 cm³/mol. The second kappa shape index (κ2) is 9.93. The molecule has 0 radical (unpaired) electrons. The number of halogens is 4. The van der Waals surface area contributed by atoms with Crippen molar-refractivity contribution in [2.75, 3.05) is 6.61 Å². The van der Waals surface area contributed by atoms with Crippen molar-refractivity contribution >= 4 is 58.2 Å². The molecule has 0 aliphatic carbocycles. The summed E-state index contributed by atoms with van der Waals surface area (Å²) in [4.78, 5) is 29.3. The summed E-state index contributed by atoms with van der Waals surface area (Å²) in [6.07, 6.45) is 0. The fourth-order valence-electron chi connectivity index (χ4n) is 2.90. The molecule has 0 aliphatic rings. The third-order valence-corrected chi connectivity index (χ3v) is 5.78. The Morgan fingerprint density at radius 2 is 1.45 bits per heavy atom. The second-order valence-corrected chi connectivity index (χ2v) is 8.47. The minimum Gasteiger partial charge on any atom is -0.451 e. The van der Waals surface area contributed by atoms with E-state index in [4.69, 9.17) is 51.1 Å². The van der Waals surface area contributed by atoms with Gasteiger partial charge in [-0.15, -0.1) is 5.10 Å². The van der Waals surface area contributed by atoms with Gasteiger partial charge in [0, 0.05) is 21.2 Å². The molecule has 166 valence electrons. The maximum absolute atomic E-state index is 12.6. The zero-order chi connectivity index (χ0) is 23.5. The smallest absolute Gasteiger partial charge is 0.378 e. The number of benzene rings is 3. The average molecular weight is 521 g/mol. The molecule has 1 aromatic heterocycles. The highest BCUT2D eigenvalue weighted by Crippen LogP contribution is 2.28. The monoisotopic (exact) mass is 519 g/mol. The van der Waals surface area contributed by atoms with E-state index >= 15 is 0 Å². The Morgan fingerprint density at radius 1 is 0.818 bits per heavy atom. The highest BCUT2D eigenvalue weighted by atomic mass is 35.5. The second-order valence-electron chi connectivity index (χ2n) is 6.78. The molecule has 0 unspecified atom stereocenters. The van der Waals surface area contributed by atoms with Crippen LogP contribution >= 0.6 is 46.4 Å². The Morgan fingerprint density at radius 3 is 2.09 bits per heavy atom. The average Bonchev–Trinajstić information content (AvgIpc) is 3.25. The summed E-state index contributed by atoms with van der Waals surface area (Å²) in [6, 6.07) is 18.0. The van der Waals surface area contributed by atoms with Gasteiger partial charge in [0.25, 0.3) is 5.82 Å². The fourth-order valence-corrected chi connectivity index (χ4v) is 3.44. The lowest BCUT2D eigenvalue weighted by Crippen LogP contribution is -2.15. The summed E-state index contributed by atoms with van der Waals surface area (Å²) in [7, 11) is 0. The number of hydrogen-bond acceptors (Lipinski definition) is 5. The zero-order valence-electron chi connectivity index (χ0n) is 16.6. The standard InChI is InChI=1S/C23H13Cl4N3O3/c24-15-5-1-13(2-6-15)20(31)12-33-23(32)21-28-22(14-3-7-16(25)8-4-14)30(29-21)17-9-10-18(26)19(27)11-17/h1-11H,12H2. The first kappa shape index (κ1) is 23.3. The number of Topliss-reactive ketones (excluding diaryl/α,β-unsaturated/α-hetero) is 1. The van der Waals surface area contributed by atoms with Gasteiger partial charge < -0.3 is 4.74 Å². The van der Waals surface area contributed by atoms with Gasteiger partial charge in [0.05, 0.1) is 15.7 Å². The predicted octanol–water partition coefficient (Wildman–Crippen LogP) is 6.59. The van der Waals surface area contributed by atoms with Crippen LogP contribution in [0.1, 0.15) is 21.0 Å². The lowest BCUT2D eigenvalue weighted by Gasteiger charge is -2.07. The molecule has 0 saturated carbocycles. The number of ketones is 1. The van der Waals surface area contributed by atoms with Gasteiger partial charge in [-0.3, -0.25) is 4.79 Å². The maximum Gasteiger partial charge on any atom is 0.378 e. The van der Waals surface area contributed by atoms with Crippen LogP contribution in [0.3, 0.4) is 0 Å². The highest BCUT2D eigenvalue weighted by molar-refractivity contribution is 6.42. The van der Waals surface area contributed by atoms with E-state index in [0.29, 0.717) is 42.7 Å². The third-order valence-electron chi connectivity index (χ3n) is 4.54. The summed E-state index contributed by atoms with van der Waals surface area (Å²) in [5, 5.41) is 6.00. The molecule has 0 spiro atoms. The van der Waals surface area contributed by atoms with Crippen LogP contribution in [-0.4, -0.2) is 33.1 Å². The van der Waals surface area contributed by atoms with E-state index in [9.17, 15) is 9.59 Å². The van der Waals surface area contributed by atoms with Gasteiger partial charge in [0.2, 0.25) is 0 Å². The van der Waals surface area contributed by atoms with Crippen molar-refractivity contribution in [1.29, 1.82) is 0 Å². The van der Waals surface area contributed by atoms with Crippen LogP contribution in [-0.2, 0) is 4.74 Å². The summed E-state index contributed by atoms with van der Waals surface area (Å²) in [6.45, 7) is -0.474. The molecule has 4 aromatic rings. The van der Waals surface area contributed by atoms with Crippen molar-refractivity contribution < 1.29 is 14.3 Å². The largest absolute Gasteiger partial charge is 0.451 e.